The number of thiazole rings is 1. The average molecular weight is 445 g/mol. The van der Waals surface area contributed by atoms with Gasteiger partial charge >= 0.3 is 0 Å². The second kappa shape index (κ2) is 9.18. The van der Waals surface area contributed by atoms with E-state index >= 15 is 0 Å². The van der Waals surface area contributed by atoms with Gasteiger partial charge in [-0.3, -0.25) is 0 Å². The molecule has 2 heterocycles. The Morgan fingerprint density at radius 2 is 1.87 bits per heavy atom. The van der Waals surface area contributed by atoms with Crippen LogP contribution in [0.15, 0.2) is 74.3 Å². The highest BCUT2D eigenvalue weighted by Gasteiger charge is 2.13. The van der Waals surface area contributed by atoms with Gasteiger partial charge in [0.05, 0.1) is 11.4 Å². The van der Waals surface area contributed by atoms with Crippen LogP contribution in [0.1, 0.15) is 20.3 Å². The number of fused-ring (bicyclic) bond motifs is 1. The van der Waals surface area contributed by atoms with Crippen molar-refractivity contribution in [1.82, 2.24) is 4.57 Å². The molecule has 0 spiro atoms. The number of hydrogen-bond acceptors (Lipinski definition) is 4. The summed E-state index contributed by atoms with van der Waals surface area (Å²) in [6.07, 6.45) is 1.01. The third-order valence-electron chi connectivity index (χ3n) is 4.69. The number of rotatable bonds is 7. The van der Waals surface area contributed by atoms with E-state index in [1.807, 2.05) is 24.3 Å². The SMILES string of the molecule is CC(C)CCn1c(-c2cc3ccccc3o2)csc1=Nc1ccc(SC(F)F)cc1. The van der Waals surface area contributed by atoms with Crippen LogP contribution in [0.5, 0.6) is 0 Å². The number of para-hydroxylation sites is 1. The van der Waals surface area contributed by atoms with Gasteiger partial charge in [0.25, 0.3) is 5.76 Å². The first-order valence-electron chi connectivity index (χ1n) is 9.76. The number of halogens is 2. The highest BCUT2D eigenvalue weighted by Crippen LogP contribution is 2.29. The fraction of sp³-hybridized carbons (Fsp3) is 0.261. The lowest BCUT2D eigenvalue weighted by Crippen LogP contribution is -2.17. The molecular weight excluding hydrogens is 422 g/mol. The summed E-state index contributed by atoms with van der Waals surface area (Å²) in [6.45, 7) is 5.22. The van der Waals surface area contributed by atoms with Gasteiger partial charge in [-0.15, -0.1) is 11.3 Å². The van der Waals surface area contributed by atoms with Gasteiger partial charge in [0, 0.05) is 22.2 Å². The van der Waals surface area contributed by atoms with Crippen LogP contribution in [0.3, 0.4) is 0 Å². The summed E-state index contributed by atoms with van der Waals surface area (Å²) in [6, 6.07) is 16.9. The molecule has 0 unspecified atom stereocenters. The minimum atomic E-state index is -2.42. The van der Waals surface area contributed by atoms with Gasteiger partial charge in [-0.1, -0.05) is 43.8 Å². The number of nitrogens with zero attached hydrogens (tertiary/aromatic N) is 2. The summed E-state index contributed by atoms with van der Waals surface area (Å²) < 4.78 is 33.4. The quantitative estimate of drug-likeness (QED) is 0.275. The van der Waals surface area contributed by atoms with Crippen LogP contribution in [0.4, 0.5) is 14.5 Å². The smallest absolute Gasteiger partial charge is 0.288 e. The van der Waals surface area contributed by atoms with E-state index in [0.717, 1.165) is 45.9 Å². The zero-order chi connectivity index (χ0) is 21.1. The van der Waals surface area contributed by atoms with Crippen molar-refractivity contribution in [2.45, 2.75) is 37.5 Å². The highest BCUT2D eigenvalue weighted by atomic mass is 32.2. The predicted molar refractivity (Wildman–Crippen MR) is 120 cm³/mol. The molecule has 0 radical (unpaired) electrons. The Morgan fingerprint density at radius 1 is 1.10 bits per heavy atom. The van der Waals surface area contributed by atoms with E-state index in [1.165, 1.54) is 0 Å². The Hall–Kier alpha value is -2.38. The fourth-order valence-electron chi connectivity index (χ4n) is 3.14. The van der Waals surface area contributed by atoms with Crippen molar-refractivity contribution in [3.05, 3.63) is 64.8 Å². The third kappa shape index (κ3) is 4.84. The lowest BCUT2D eigenvalue weighted by atomic mass is 10.1. The van der Waals surface area contributed by atoms with Gasteiger partial charge in [-0.05, 0) is 48.7 Å². The van der Waals surface area contributed by atoms with Crippen LogP contribution < -0.4 is 4.80 Å². The normalized spacial score (nSPS) is 12.5. The van der Waals surface area contributed by atoms with Gasteiger partial charge in [0.2, 0.25) is 0 Å². The topological polar surface area (TPSA) is 30.4 Å². The molecule has 0 saturated carbocycles. The van der Waals surface area contributed by atoms with Crippen LogP contribution in [-0.4, -0.2) is 10.3 Å². The van der Waals surface area contributed by atoms with Crippen LogP contribution in [-0.2, 0) is 6.54 Å². The Morgan fingerprint density at radius 3 is 2.57 bits per heavy atom. The van der Waals surface area contributed by atoms with Crippen LogP contribution in [0, 0.1) is 5.92 Å². The molecule has 4 aromatic rings. The van der Waals surface area contributed by atoms with Gasteiger partial charge in [-0.25, -0.2) is 4.99 Å². The van der Waals surface area contributed by atoms with Crippen LogP contribution in [0.25, 0.3) is 22.4 Å². The van der Waals surface area contributed by atoms with Crippen molar-refractivity contribution in [2.24, 2.45) is 10.9 Å². The Bertz CT molecular complexity index is 1160. The summed E-state index contributed by atoms with van der Waals surface area (Å²) in [4.78, 5) is 6.18. The molecule has 0 fully saturated rings. The second-order valence-electron chi connectivity index (χ2n) is 7.37. The first-order chi connectivity index (χ1) is 14.5. The van der Waals surface area contributed by atoms with Gasteiger partial charge in [0.15, 0.2) is 10.6 Å². The van der Waals surface area contributed by atoms with E-state index in [0.29, 0.717) is 22.6 Å². The molecule has 0 aliphatic carbocycles. The first kappa shape index (κ1) is 20.9. The molecule has 2 aromatic heterocycles. The number of benzene rings is 2. The van der Waals surface area contributed by atoms with Gasteiger partial charge < -0.3 is 8.98 Å². The van der Waals surface area contributed by atoms with E-state index in [9.17, 15) is 8.78 Å². The lowest BCUT2D eigenvalue weighted by molar-refractivity contribution is 0.252. The average Bonchev–Trinajstić information content (AvgIpc) is 3.31. The molecule has 4 rings (SSSR count). The Labute approximate surface area is 182 Å². The predicted octanol–water partition coefficient (Wildman–Crippen LogP) is 7.56. The minimum absolute atomic E-state index is 0.533. The molecule has 156 valence electrons. The van der Waals surface area contributed by atoms with Crippen molar-refractivity contribution in [1.29, 1.82) is 0 Å². The monoisotopic (exact) mass is 444 g/mol. The van der Waals surface area contributed by atoms with Crippen molar-refractivity contribution in [2.75, 3.05) is 0 Å². The number of aromatic nitrogens is 1. The zero-order valence-electron chi connectivity index (χ0n) is 16.7. The molecule has 0 bridgehead atoms. The minimum Gasteiger partial charge on any atom is -0.454 e. The molecule has 0 aliphatic heterocycles. The maximum Gasteiger partial charge on any atom is 0.288 e. The number of alkyl halides is 2. The highest BCUT2D eigenvalue weighted by molar-refractivity contribution is 7.99. The lowest BCUT2D eigenvalue weighted by Gasteiger charge is -2.09. The molecule has 0 amide bonds. The maximum atomic E-state index is 12.5. The zero-order valence-corrected chi connectivity index (χ0v) is 18.4. The fourth-order valence-corrected chi connectivity index (χ4v) is 4.58. The number of hydrogen-bond donors (Lipinski definition) is 0. The molecule has 0 atom stereocenters. The van der Waals surface area contributed by atoms with Gasteiger partial charge in [-0.2, -0.15) is 8.78 Å². The van der Waals surface area contributed by atoms with Crippen molar-refractivity contribution in [3.63, 3.8) is 0 Å². The van der Waals surface area contributed by atoms with E-state index in [4.69, 9.17) is 9.41 Å². The molecule has 0 N–H and O–H groups in total. The molecule has 7 heteroatoms. The van der Waals surface area contributed by atoms with E-state index < -0.39 is 5.76 Å². The Kier molecular flexibility index (Phi) is 6.39. The molecule has 3 nitrogen and oxygen atoms in total. The number of thioether (sulfide) groups is 1. The number of furan rings is 1. The molecule has 30 heavy (non-hydrogen) atoms. The van der Waals surface area contributed by atoms with Crippen LogP contribution in [0.2, 0.25) is 0 Å². The molecule has 2 aromatic carbocycles. The molecule has 0 aliphatic rings. The summed E-state index contributed by atoms with van der Waals surface area (Å²) in [5, 5.41) is 3.14. The summed E-state index contributed by atoms with van der Waals surface area (Å²) in [7, 11) is 0. The van der Waals surface area contributed by atoms with Crippen molar-refractivity contribution < 1.29 is 13.2 Å². The summed E-state index contributed by atoms with van der Waals surface area (Å²) in [5.41, 5.74) is 2.60. The third-order valence-corrected chi connectivity index (χ3v) is 6.28. The second-order valence-corrected chi connectivity index (χ2v) is 9.27. The van der Waals surface area contributed by atoms with E-state index in [1.54, 1.807) is 35.6 Å². The standard InChI is InChI=1S/C23H22F2N2OS2/c1-15(2)11-12-27-19(21-13-16-5-3-4-6-20(16)28-21)14-29-23(27)26-17-7-9-18(10-8-17)30-22(24)25/h3-10,13-15,22H,11-12H2,1-2H3. The summed E-state index contributed by atoms with van der Waals surface area (Å²) >= 11 is 2.09. The first-order valence-corrected chi connectivity index (χ1v) is 11.5. The molecular formula is C23H22F2N2OS2. The van der Waals surface area contributed by atoms with Gasteiger partial charge in [0.1, 0.15) is 5.58 Å². The molecule has 0 saturated heterocycles. The van der Waals surface area contributed by atoms with Crippen LogP contribution >= 0.6 is 23.1 Å². The van der Waals surface area contributed by atoms with Crippen molar-refractivity contribution >= 4 is 39.8 Å². The Balaban J connectivity index is 1.73. The van der Waals surface area contributed by atoms with E-state index in [-0.39, 0.29) is 0 Å². The van der Waals surface area contributed by atoms with E-state index in [2.05, 4.69) is 29.9 Å². The maximum absolute atomic E-state index is 12.5. The van der Waals surface area contributed by atoms with Crippen molar-refractivity contribution in [3.8, 4) is 11.5 Å². The largest absolute Gasteiger partial charge is 0.454 e. The summed E-state index contributed by atoms with van der Waals surface area (Å²) in [5.74, 6) is -1.05.